The van der Waals surface area contributed by atoms with Crippen molar-refractivity contribution >= 4 is 31.9 Å². The van der Waals surface area contributed by atoms with Crippen LogP contribution < -0.4 is 11.3 Å². The van der Waals surface area contributed by atoms with E-state index in [0.29, 0.717) is 5.56 Å². The zero-order valence-corrected chi connectivity index (χ0v) is 12.4. The minimum Gasteiger partial charge on any atom is -0.271 e. The third-order valence-corrected chi connectivity index (χ3v) is 3.42. The summed E-state index contributed by atoms with van der Waals surface area (Å²) in [6.07, 6.45) is 3.31. The van der Waals surface area contributed by atoms with Crippen LogP contribution in [0.15, 0.2) is 45.6 Å². The molecule has 3 nitrogen and oxygen atoms in total. The maximum atomic E-state index is 13.8. The Morgan fingerprint density at radius 1 is 1.17 bits per heavy atom. The fourth-order valence-corrected chi connectivity index (χ4v) is 2.45. The van der Waals surface area contributed by atoms with Crippen molar-refractivity contribution in [3.05, 3.63) is 62.5 Å². The van der Waals surface area contributed by atoms with Crippen LogP contribution in [0, 0.1) is 5.82 Å². The number of nitrogens with zero attached hydrogens (tertiary/aromatic N) is 1. The molecule has 94 valence electrons. The molecule has 0 radical (unpaired) electrons. The van der Waals surface area contributed by atoms with Crippen LogP contribution in [0.2, 0.25) is 0 Å². The number of rotatable bonds is 3. The van der Waals surface area contributed by atoms with E-state index in [9.17, 15) is 4.39 Å². The molecule has 1 aromatic heterocycles. The van der Waals surface area contributed by atoms with E-state index in [2.05, 4.69) is 42.3 Å². The maximum Gasteiger partial charge on any atom is 0.128 e. The number of halogens is 3. The molecule has 18 heavy (non-hydrogen) atoms. The molecule has 0 aliphatic heterocycles. The summed E-state index contributed by atoms with van der Waals surface area (Å²) < 4.78 is 15.5. The van der Waals surface area contributed by atoms with Crippen molar-refractivity contribution in [1.82, 2.24) is 10.4 Å². The van der Waals surface area contributed by atoms with Gasteiger partial charge in [-0.3, -0.25) is 10.8 Å². The zero-order valence-electron chi connectivity index (χ0n) is 9.20. The van der Waals surface area contributed by atoms with Gasteiger partial charge < -0.3 is 0 Å². The van der Waals surface area contributed by atoms with Crippen molar-refractivity contribution in [2.24, 2.45) is 5.84 Å². The van der Waals surface area contributed by atoms with E-state index < -0.39 is 6.04 Å². The molecule has 0 saturated heterocycles. The largest absolute Gasteiger partial charge is 0.271 e. The average Bonchev–Trinajstić information content (AvgIpc) is 2.35. The Morgan fingerprint density at radius 2 is 1.94 bits per heavy atom. The van der Waals surface area contributed by atoms with Crippen LogP contribution in [0.3, 0.4) is 0 Å². The lowest BCUT2D eigenvalue weighted by Crippen LogP contribution is -2.29. The van der Waals surface area contributed by atoms with Crippen molar-refractivity contribution in [2.75, 3.05) is 0 Å². The Hall–Kier alpha value is -0.820. The summed E-state index contributed by atoms with van der Waals surface area (Å²) in [5.74, 6) is 5.21. The summed E-state index contributed by atoms with van der Waals surface area (Å²) >= 11 is 6.65. The zero-order chi connectivity index (χ0) is 13.1. The van der Waals surface area contributed by atoms with E-state index in [4.69, 9.17) is 5.84 Å². The second-order valence-corrected chi connectivity index (χ2v) is 5.53. The number of hydrogen-bond acceptors (Lipinski definition) is 3. The maximum absolute atomic E-state index is 13.8. The van der Waals surface area contributed by atoms with Crippen molar-refractivity contribution in [3.63, 3.8) is 0 Å². The Morgan fingerprint density at radius 3 is 2.61 bits per heavy atom. The minimum atomic E-state index is -0.451. The first kappa shape index (κ1) is 13.6. The summed E-state index contributed by atoms with van der Waals surface area (Å²) in [6.45, 7) is 0. The molecule has 1 unspecified atom stereocenters. The molecule has 0 amide bonds. The molecule has 1 heterocycles. The standard InChI is InChI=1S/C12H10Br2FN3/c13-8-1-2-11(15)10(4-8)12(18-16)7-3-9(14)6-17-5-7/h1-6,12,18H,16H2. The van der Waals surface area contributed by atoms with E-state index in [1.807, 2.05) is 6.07 Å². The molecule has 0 aliphatic carbocycles. The van der Waals surface area contributed by atoms with Crippen LogP contribution in [0.5, 0.6) is 0 Å². The summed E-state index contributed by atoms with van der Waals surface area (Å²) in [4.78, 5) is 4.05. The highest BCUT2D eigenvalue weighted by Gasteiger charge is 2.17. The van der Waals surface area contributed by atoms with Crippen molar-refractivity contribution in [2.45, 2.75) is 6.04 Å². The van der Waals surface area contributed by atoms with Gasteiger partial charge in [-0.15, -0.1) is 0 Å². The monoisotopic (exact) mass is 373 g/mol. The van der Waals surface area contributed by atoms with E-state index in [1.165, 1.54) is 6.07 Å². The normalized spacial score (nSPS) is 12.4. The van der Waals surface area contributed by atoms with Gasteiger partial charge in [-0.25, -0.2) is 9.82 Å². The van der Waals surface area contributed by atoms with Gasteiger partial charge in [0.05, 0.1) is 6.04 Å². The van der Waals surface area contributed by atoms with E-state index in [0.717, 1.165) is 14.5 Å². The molecule has 3 N–H and O–H groups in total. The summed E-state index contributed by atoms with van der Waals surface area (Å²) in [5.41, 5.74) is 3.85. The highest BCUT2D eigenvalue weighted by atomic mass is 79.9. The van der Waals surface area contributed by atoms with Gasteiger partial charge in [0.1, 0.15) is 5.82 Å². The summed E-state index contributed by atoms with van der Waals surface area (Å²) in [5, 5.41) is 0. The molecule has 1 aromatic carbocycles. The van der Waals surface area contributed by atoms with Crippen molar-refractivity contribution in [3.8, 4) is 0 Å². The SMILES string of the molecule is NNC(c1cncc(Br)c1)c1cc(Br)ccc1F. The molecule has 6 heteroatoms. The predicted octanol–water partition coefficient (Wildman–Crippen LogP) is 3.30. The van der Waals surface area contributed by atoms with Crippen molar-refractivity contribution in [1.29, 1.82) is 0 Å². The lowest BCUT2D eigenvalue weighted by molar-refractivity contribution is 0.559. The topological polar surface area (TPSA) is 50.9 Å². The number of benzene rings is 1. The fraction of sp³-hybridized carbons (Fsp3) is 0.0833. The molecular weight excluding hydrogens is 365 g/mol. The summed E-state index contributed by atoms with van der Waals surface area (Å²) in [7, 11) is 0. The smallest absolute Gasteiger partial charge is 0.128 e. The molecular formula is C12H10Br2FN3. The third kappa shape index (κ3) is 2.95. The number of aromatic nitrogens is 1. The van der Waals surface area contributed by atoms with Gasteiger partial charge in [0.15, 0.2) is 0 Å². The highest BCUT2D eigenvalue weighted by Crippen LogP contribution is 2.27. The summed E-state index contributed by atoms with van der Waals surface area (Å²) in [6, 6.07) is 6.13. The Bertz CT molecular complexity index is 563. The van der Waals surface area contributed by atoms with Crippen LogP contribution in [-0.2, 0) is 0 Å². The second-order valence-electron chi connectivity index (χ2n) is 3.70. The van der Waals surface area contributed by atoms with Crippen LogP contribution in [0.4, 0.5) is 4.39 Å². The predicted molar refractivity (Wildman–Crippen MR) is 75.2 cm³/mol. The number of nitrogens with one attached hydrogen (secondary N) is 1. The van der Waals surface area contributed by atoms with Gasteiger partial charge in [0.25, 0.3) is 0 Å². The van der Waals surface area contributed by atoms with E-state index in [-0.39, 0.29) is 5.82 Å². The van der Waals surface area contributed by atoms with Gasteiger partial charge in [0.2, 0.25) is 0 Å². The minimum absolute atomic E-state index is 0.318. The Labute approximate surface area is 121 Å². The average molecular weight is 375 g/mol. The molecule has 2 rings (SSSR count). The number of hydrazine groups is 1. The van der Waals surface area contributed by atoms with Crippen LogP contribution in [0.25, 0.3) is 0 Å². The second kappa shape index (κ2) is 5.88. The van der Waals surface area contributed by atoms with Crippen molar-refractivity contribution < 1.29 is 4.39 Å². The third-order valence-electron chi connectivity index (χ3n) is 2.50. The van der Waals surface area contributed by atoms with Crippen LogP contribution >= 0.6 is 31.9 Å². The molecule has 0 saturated carbocycles. The molecule has 0 bridgehead atoms. The quantitative estimate of drug-likeness (QED) is 0.640. The van der Waals surface area contributed by atoms with Crippen LogP contribution in [-0.4, -0.2) is 4.98 Å². The Balaban J connectivity index is 2.48. The van der Waals surface area contributed by atoms with Gasteiger partial charge in [-0.1, -0.05) is 15.9 Å². The van der Waals surface area contributed by atoms with Gasteiger partial charge in [-0.2, -0.15) is 0 Å². The van der Waals surface area contributed by atoms with Crippen LogP contribution in [0.1, 0.15) is 17.2 Å². The number of pyridine rings is 1. The lowest BCUT2D eigenvalue weighted by atomic mass is 10.0. The Kier molecular flexibility index (Phi) is 4.45. The molecule has 2 aromatic rings. The fourth-order valence-electron chi connectivity index (χ4n) is 1.69. The highest BCUT2D eigenvalue weighted by molar-refractivity contribution is 9.10. The van der Waals surface area contributed by atoms with E-state index >= 15 is 0 Å². The molecule has 1 atom stereocenters. The van der Waals surface area contributed by atoms with Gasteiger partial charge >= 0.3 is 0 Å². The van der Waals surface area contributed by atoms with Gasteiger partial charge in [0, 0.05) is 26.9 Å². The number of hydrogen-bond donors (Lipinski definition) is 2. The molecule has 0 fully saturated rings. The van der Waals surface area contributed by atoms with Gasteiger partial charge in [-0.05, 0) is 45.8 Å². The number of nitrogens with two attached hydrogens (primary N) is 1. The first-order chi connectivity index (χ1) is 8.61. The first-order valence-corrected chi connectivity index (χ1v) is 6.72. The molecule has 0 spiro atoms. The first-order valence-electron chi connectivity index (χ1n) is 5.13. The molecule has 0 aliphatic rings. The lowest BCUT2D eigenvalue weighted by Gasteiger charge is -2.17. The van der Waals surface area contributed by atoms with E-state index in [1.54, 1.807) is 24.5 Å².